The van der Waals surface area contributed by atoms with E-state index in [0.717, 1.165) is 44.1 Å². The lowest BCUT2D eigenvalue weighted by molar-refractivity contribution is -0.142. The minimum atomic E-state index is -0.110. The molecular formula is C24H29ClN2O2S. The maximum atomic E-state index is 13.5. The number of rotatable bonds is 8. The van der Waals surface area contributed by atoms with Gasteiger partial charge in [0.05, 0.1) is 6.04 Å². The van der Waals surface area contributed by atoms with Crippen LogP contribution in [-0.4, -0.2) is 40.7 Å². The first-order valence-corrected chi connectivity index (χ1v) is 12.2. The number of fused-ring (bicyclic) bond motifs is 1. The molecule has 1 aliphatic heterocycles. The fraction of sp³-hybridized carbons (Fsp3) is 0.500. The van der Waals surface area contributed by atoms with Crippen molar-refractivity contribution < 1.29 is 9.59 Å². The van der Waals surface area contributed by atoms with Gasteiger partial charge in [-0.2, -0.15) is 0 Å². The van der Waals surface area contributed by atoms with Crippen LogP contribution in [0.2, 0.25) is 5.02 Å². The average Bonchev–Trinajstić information content (AvgIpc) is 3.47. The Morgan fingerprint density at radius 2 is 1.93 bits per heavy atom. The van der Waals surface area contributed by atoms with E-state index in [2.05, 4.69) is 18.4 Å². The summed E-state index contributed by atoms with van der Waals surface area (Å²) in [5, 5.41) is 2.80. The molecule has 2 aromatic rings. The first-order chi connectivity index (χ1) is 14.6. The highest BCUT2D eigenvalue weighted by molar-refractivity contribution is 7.10. The molecule has 0 spiro atoms. The van der Waals surface area contributed by atoms with E-state index in [4.69, 9.17) is 11.6 Å². The number of benzene rings is 1. The van der Waals surface area contributed by atoms with Crippen molar-refractivity contribution in [1.82, 2.24) is 9.80 Å². The summed E-state index contributed by atoms with van der Waals surface area (Å²) in [7, 11) is 0. The average molecular weight is 445 g/mol. The minimum Gasteiger partial charge on any atom is -0.330 e. The largest absolute Gasteiger partial charge is 0.330 e. The van der Waals surface area contributed by atoms with Gasteiger partial charge in [-0.25, -0.2) is 0 Å². The van der Waals surface area contributed by atoms with Gasteiger partial charge >= 0.3 is 0 Å². The zero-order valence-corrected chi connectivity index (χ0v) is 19.1. The molecule has 0 N–H and O–H groups in total. The second-order valence-corrected chi connectivity index (χ2v) is 9.74. The molecule has 30 heavy (non-hydrogen) atoms. The number of thiophene rings is 1. The molecule has 2 heterocycles. The fourth-order valence-electron chi connectivity index (χ4n) is 4.30. The van der Waals surface area contributed by atoms with Gasteiger partial charge in [0, 0.05) is 28.9 Å². The third-order valence-corrected chi connectivity index (χ3v) is 7.33. The van der Waals surface area contributed by atoms with Gasteiger partial charge in [-0.3, -0.25) is 9.59 Å². The van der Waals surface area contributed by atoms with Crippen molar-refractivity contribution in [2.24, 2.45) is 0 Å². The summed E-state index contributed by atoms with van der Waals surface area (Å²) in [5.41, 5.74) is 2.27. The van der Waals surface area contributed by atoms with E-state index < -0.39 is 0 Å². The minimum absolute atomic E-state index is 0.0440. The van der Waals surface area contributed by atoms with Crippen LogP contribution in [-0.2, 0) is 16.0 Å². The summed E-state index contributed by atoms with van der Waals surface area (Å²) in [6.45, 7) is 3.01. The van der Waals surface area contributed by atoms with Gasteiger partial charge in [-0.1, -0.05) is 43.5 Å². The van der Waals surface area contributed by atoms with Crippen molar-refractivity contribution in [3.63, 3.8) is 0 Å². The van der Waals surface area contributed by atoms with Crippen LogP contribution in [0.15, 0.2) is 35.7 Å². The summed E-state index contributed by atoms with van der Waals surface area (Å²) >= 11 is 7.86. The Hall–Kier alpha value is -1.85. The lowest BCUT2D eigenvalue weighted by Crippen LogP contribution is -2.47. The lowest BCUT2D eigenvalue weighted by Gasteiger charge is -2.37. The second-order valence-electron chi connectivity index (χ2n) is 8.30. The molecule has 1 aliphatic carbocycles. The van der Waals surface area contributed by atoms with E-state index in [-0.39, 0.29) is 30.4 Å². The molecule has 2 aliphatic rings. The maximum absolute atomic E-state index is 13.5. The molecule has 0 saturated heterocycles. The van der Waals surface area contributed by atoms with Gasteiger partial charge in [0.2, 0.25) is 11.8 Å². The number of halogens is 1. The van der Waals surface area contributed by atoms with Crippen LogP contribution in [0.25, 0.3) is 0 Å². The number of nitrogens with zero attached hydrogens (tertiary/aromatic N) is 2. The monoisotopic (exact) mass is 444 g/mol. The summed E-state index contributed by atoms with van der Waals surface area (Å²) in [6, 6.07) is 10.1. The third-order valence-electron chi connectivity index (χ3n) is 6.08. The van der Waals surface area contributed by atoms with Crippen LogP contribution < -0.4 is 0 Å². The predicted molar refractivity (Wildman–Crippen MR) is 122 cm³/mol. The molecule has 4 nitrogen and oxygen atoms in total. The van der Waals surface area contributed by atoms with E-state index in [1.807, 2.05) is 34.1 Å². The number of carbonyl (C=O) groups is 2. The van der Waals surface area contributed by atoms with Gasteiger partial charge in [0.1, 0.15) is 6.54 Å². The maximum Gasteiger partial charge on any atom is 0.243 e. The third kappa shape index (κ3) is 4.73. The molecule has 160 valence electrons. The Bertz CT molecular complexity index is 891. The number of hydrogen-bond acceptors (Lipinski definition) is 3. The van der Waals surface area contributed by atoms with Gasteiger partial charge in [-0.15, -0.1) is 11.3 Å². The normalized spacial score (nSPS) is 18.2. The second kappa shape index (κ2) is 9.52. The molecule has 0 bridgehead atoms. The van der Waals surface area contributed by atoms with Crippen molar-refractivity contribution in [1.29, 1.82) is 0 Å². The zero-order valence-electron chi connectivity index (χ0n) is 17.5. The Morgan fingerprint density at radius 3 is 2.63 bits per heavy atom. The van der Waals surface area contributed by atoms with Crippen LogP contribution in [0, 0.1) is 0 Å². The van der Waals surface area contributed by atoms with Gasteiger partial charge in [0.25, 0.3) is 0 Å². The standard InChI is InChI=1S/C24H29ClN2O2S/c1-2-3-4-5-22(28)27(19-10-11-19)16-23(29)26-14-12-21-20(13-15-30-21)24(26)17-6-8-18(25)9-7-17/h6-9,13,15,19,24H,2-5,10-12,14,16H2,1H3. The van der Waals surface area contributed by atoms with Crippen LogP contribution >= 0.6 is 22.9 Å². The molecule has 0 radical (unpaired) electrons. The van der Waals surface area contributed by atoms with Crippen LogP contribution in [0.5, 0.6) is 0 Å². The van der Waals surface area contributed by atoms with Gasteiger partial charge < -0.3 is 9.80 Å². The quantitative estimate of drug-likeness (QED) is 0.508. The van der Waals surface area contributed by atoms with E-state index >= 15 is 0 Å². The van der Waals surface area contributed by atoms with Crippen molar-refractivity contribution >= 4 is 34.8 Å². The summed E-state index contributed by atoms with van der Waals surface area (Å²) in [6.07, 6.45) is 6.51. The smallest absolute Gasteiger partial charge is 0.243 e. The van der Waals surface area contributed by atoms with Crippen LogP contribution in [0.3, 0.4) is 0 Å². The Kier molecular flexibility index (Phi) is 6.79. The molecule has 1 aromatic carbocycles. The zero-order chi connectivity index (χ0) is 21.1. The summed E-state index contributed by atoms with van der Waals surface area (Å²) in [5.74, 6) is 0.179. The molecule has 1 aromatic heterocycles. The first kappa shape index (κ1) is 21.4. The van der Waals surface area contributed by atoms with Gasteiger partial charge in [-0.05, 0) is 60.4 Å². The molecule has 1 atom stereocenters. The number of carbonyl (C=O) groups excluding carboxylic acids is 2. The van der Waals surface area contributed by atoms with Gasteiger partial charge in [0.15, 0.2) is 0 Å². The van der Waals surface area contributed by atoms with Crippen LogP contribution in [0.4, 0.5) is 0 Å². The SMILES string of the molecule is CCCCCC(=O)N(CC(=O)N1CCc2sccc2C1c1ccc(Cl)cc1)C1CC1. The van der Waals surface area contributed by atoms with E-state index in [9.17, 15) is 9.59 Å². The lowest BCUT2D eigenvalue weighted by atomic mass is 9.93. The Morgan fingerprint density at radius 1 is 1.17 bits per heavy atom. The van der Waals surface area contributed by atoms with Crippen molar-refractivity contribution in [3.8, 4) is 0 Å². The molecule has 1 fully saturated rings. The molecule has 2 amide bonds. The van der Waals surface area contributed by atoms with E-state index in [1.54, 1.807) is 11.3 Å². The van der Waals surface area contributed by atoms with Crippen molar-refractivity contribution in [2.75, 3.05) is 13.1 Å². The number of unbranched alkanes of at least 4 members (excludes halogenated alkanes) is 2. The highest BCUT2D eigenvalue weighted by Gasteiger charge is 2.37. The molecular weight excluding hydrogens is 416 g/mol. The van der Waals surface area contributed by atoms with Crippen LogP contribution in [0.1, 0.15) is 67.5 Å². The molecule has 4 rings (SSSR count). The predicted octanol–water partition coefficient (Wildman–Crippen LogP) is 5.45. The number of hydrogen-bond donors (Lipinski definition) is 0. The first-order valence-electron chi connectivity index (χ1n) is 11.0. The molecule has 1 unspecified atom stereocenters. The summed E-state index contributed by atoms with van der Waals surface area (Å²) in [4.78, 5) is 31.4. The highest BCUT2D eigenvalue weighted by atomic mass is 35.5. The topological polar surface area (TPSA) is 40.6 Å². The summed E-state index contributed by atoms with van der Waals surface area (Å²) < 4.78 is 0. The van der Waals surface area contributed by atoms with E-state index in [0.29, 0.717) is 18.0 Å². The number of amides is 2. The van der Waals surface area contributed by atoms with Crippen molar-refractivity contribution in [3.05, 3.63) is 56.7 Å². The molecule has 6 heteroatoms. The molecule has 1 saturated carbocycles. The fourth-order valence-corrected chi connectivity index (χ4v) is 5.33. The van der Waals surface area contributed by atoms with Crippen molar-refractivity contribution in [2.45, 2.75) is 64.0 Å². The Labute approximate surface area is 187 Å². The van der Waals surface area contributed by atoms with E-state index in [1.165, 1.54) is 10.4 Å². The highest BCUT2D eigenvalue weighted by Crippen LogP contribution is 2.38. The Balaban J connectivity index is 1.54.